The first-order valence-electron chi connectivity index (χ1n) is 7.05. The maximum absolute atomic E-state index is 6.42. The maximum Gasteiger partial charge on any atom is 0.0441 e. The molecular weight excluding hydrogens is 228 g/mol. The van der Waals surface area contributed by atoms with Gasteiger partial charge in [0.05, 0.1) is 0 Å². The van der Waals surface area contributed by atoms with Gasteiger partial charge in [-0.25, -0.2) is 0 Å². The summed E-state index contributed by atoms with van der Waals surface area (Å²) >= 11 is 6.42. The fraction of sp³-hybridized carbons (Fsp3) is 0.625. The Morgan fingerprint density at radius 1 is 0.824 bits per heavy atom. The Labute approximate surface area is 108 Å². The van der Waals surface area contributed by atoms with Gasteiger partial charge in [-0.15, -0.1) is 0 Å². The lowest BCUT2D eigenvalue weighted by molar-refractivity contribution is -0.00274. The summed E-state index contributed by atoms with van der Waals surface area (Å²) in [6.45, 7) is 0. The van der Waals surface area contributed by atoms with Gasteiger partial charge in [0.15, 0.2) is 0 Å². The molecule has 0 radical (unpaired) electrons. The van der Waals surface area contributed by atoms with Crippen LogP contribution in [-0.2, 0) is 0 Å². The molecule has 0 amide bonds. The second-order valence-electron chi connectivity index (χ2n) is 6.48. The third kappa shape index (κ3) is 1.57. The van der Waals surface area contributed by atoms with Gasteiger partial charge in [0.1, 0.15) is 0 Å². The highest BCUT2D eigenvalue weighted by Gasteiger charge is 2.48. The first-order chi connectivity index (χ1) is 8.31. The molecule has 17 heavy (non-hydrogen) atoms. The smallest absolute Gasteiger partial charge is 0.0441 e. The molecule has 0 heterocycles. The molecule has 0 saturated heterocycles. The summed E-state index contributed by atoms with van der Waals surface area (Å²) in [6.07, 6.45) is 7.43. The van der Waals surface area contributed by atoms with Gasteiger partial charge in [0.25, 0.3) is 0 Å². The van der Waals surface area contributed by atoms with Gasteiger partial charge in [-0.1, -0.05) is 29.8 Å². The van der Waals surface area contributed by atoms with Gasteiger partial charge in [-0.3, -0.25) is 0 Å². The first-order valence-corrected chi connectivity index (χ1v) is 7.43. The Morgan fingerprint density at radius 3 is 2.00 bits per heavy atom. The van der Waals surface area contributed by atoms with Crippen molar-refractivity contribution < 1.29 is 0 Å². The molecular formula is C16H19Cl. The second-order valence-corrected chi connectivity index (χ2v) is 6.89. The summed E-state index contributed by atoms with van der Waals surface area (Å²) in [5.74, 6) is 4.75. The van der Waals surface area contributed by atoms with Crippen LogP contribution in [0.2, 0.25) is 5.02 Å². The SMILES string of the molecule is Clc1ccccc1C1C2CC3CC(C2)CC1C3. The number of rotatable bonds is 1. The van der Waals surface area contributed by atoms with E-state index in [9.17, 15) is 0 Å². The average Bonchev–Trinajstić information content (AvgIpc) is 2.30. The van der Waals surface area contributed by atoms with E-state index in [1.807, 2.05) is 0 Å². The van der Waals surface area contributed by atoms with Gasteiger partial charge >= 0.3 is 0 Å². The Balaban J connectivity index is 1.73. The van der Waals surface area contributed by atoms with E-state index in [1.165, 1.54) is 37.7 Å². The van der Waals surface area contributed by atoms with Crippen LogP contribution >= 0.6 is 11.6 Å². The van der Waals surface area contributed by atoms with E-state index in [2.05, 4.69) is 24.3 Å². The molecule has 4 bridgehead atoms. The standard InChI is InChI=1S/C16H19Cl/c17-15-4-2-1-3-14(15)16-12-6-10-5-11(8-12)9-13(16)7-10/h1-4,10-13,16H,5-9H2. The van der Waals surface area contributed by atoms with E-state index < -0.39 is 0 Å². The normalized spacial score (nSPS) is 43.0. The van der Waals surface area contributed by atoms with Crippen LogP contribution in [0.5, 0.6) is 0 Å². The van der Waals surface area contributed by atoms with Crippen LogP contribution in [0, 0.1) is 23.7 Å². The molecule has 0 unspecified atom stereocenters. The van der Waals surface area contributed by atoms with E-state index in [4.69, 9.17) is 11.6 Å². The van der Waals surface area contributed by atoms with E-state index in [-0.39, 0.29) is 0 Å². The highest BCUT2D eigenvalue weighted by molar-refractivity contribution is 6.31. The van der Waals surface area contributed by atoms with Crippen molar-refractivity contribution in [2.45, 2.75) is 38.0 Å². The zero-order valence-electron chi connectivity index (χ0n) is 10.1. The van der Waals surface area contributed by atoms with E-state index in [0.717, 1.165) is 34.6 Å². The van der Waals surface area contributed by atoms with Crippen molar-refractivity contribution in [3.63, 3.8) is 0 Å². The van der Waals surface area contributed by atoms with Crippen molar-refractivity contribution >= 4 is 11.6 Å². The van der Waals surface area contributed by atoms with E-state index >= 15 is 0 Å². The third-order valence-corrected chi connectivity index (χ3v) is 5.84. The van der Waals surface area contributed by atoms with Gasteiger partial charge in [0, 0.05) is 5.02 Å². The zero-order valence-corrected chi connectivity index (χ0v) is 10.9. The summed E-state index contributed by atoms with van der Waals surface area (Å²) in [5.41, 5.74) is 1.45. The van der Waals surface area contributed by atoms with Gasteiger partial charge in [0.2, 0.25) is 0 Å². The molecule has 1 aromatic rings. The Morgan fingerprint density at radius 2 is 1.41 bits per heavy atom. The summed E-state index contributed by atoms with van der Waals surface area (Å²) in [4.78, 5) is 0. The van der Waals surface area contributed by atoms with Gasteiger partial charge < -0.3 is 0 Å². The van der Waals surface area contributed by atoms with Crippen molar-refractivity contribution in [2.75, 3.05) is 0 Å². The minimum absolute atomic E-state index is 0.775. The molecule has 0 spiro atoms. The van der Waals surface area contributed by atoms with Crippen LogP contribution in [-0.4, -0.2) is 0 Å². The van der Waals surface area contributed by atoms with E-state index in [0.29, 0.717) is 0 Å². The summed E-state index contributed by atoms with van der Waals surface area (Å²) in [7, 11) is 0. The quantitative estimate of drug-likeness (QED) is 0.663. The van der Waals surface area contributed by atoms with Crippen LogP contribution in [0.3, 0.4) is 0 Å². The molecule has 0 N–H and O–H groups in total. The molecule has 4 fully saturated rings. The molecule has 1 heteroatoms. The number of halogens is 1. The zero-order chi connectivity index (χ0) is 11.4. The van der Waals surface area contributed by atoms with Crippen molar-refractivity contribution in [3.05, 3.63) is 34.9 Å². The minimum atomic E-state index is 0.775. The van der Waals surface area contributed by atoms with Crippen molar-refractivity contribution in [2.24, 2.45) is 23.7 Å². The fourth-order valence-electron chi connectivity index (χ4n) is 5.18. The largest absolute Gasteiger partial charge is 0.0840 e. The lowest BCUT2D eigenvalue weighted by atomic mass is 9.51. The number of hydrogen-bond acceptors (Lipinski definition) is 0. The van der Waals surface area contributed by atoms with Crippen LogP contribution < -0.4 is 0 Å². The van der Waals surface area contributed by atoms with E-state index in [1.54, 1.807) is 0 Å². The second kappa shape index (κ2) is 3.75. The van der Waals surface area contributed by atoms with Crippen LogP contribution in [0.25, 0.3) is 0 Å². The molecule has 0 aromatic heterocycles. The molecule has 90 valence electrons. The van der Waals surface area contributed by atoms with Gasteiger partial charge in [-0.2, -0.15) is 0 Å². The summed E-state index contributed by atoms with van der Waals surface area (Å²) < 4.78 is 0. The molecule has 1 aromatic carbocycles. The summed E-state index contributed by atoms with van der Waals surface area (Å²) in [5, 5.41) is 1.00. The Bertz CT molecular complexity index is 409. The summed E-state index contributed by atoms with van der Waals surface area (Å²) in [6, 6.07) is 8.56. The predicted octanol–water partition coefficient (Wildman–Crippen LogP) is 4.88. The first kappa shape index (κ1) is 10.4. The van der Waals surface area contributed by atoms with Crippen molar-refractivity contribution in [1.82, 2.24) is 0 Å². The third-order valence-electron chi connectivity index (χ3n) is 5.49. The molecule has 4 aliphatic rings. The highest BCUT2D eigenvalue weighted by Crippen LogP contribution is 2.60. The monoisotopic (exact) mass is 246 g/mol. The lowest BCUT2D eigenvalue weighted by Crippen LogP contribution is -2.43. The topological polar surface area (TPSA) is 0 Å². The fourth-order valence-corrected chi connectivity index (χ4v) is 5.44. The van der Waals surface area contributed by atoms with Crippen molar-refractivity contribution in [1.29, 1.82) is 0 Å². The van der Waals surface area contributed by atoms with Crippen LogP contribution in [0.4, 0.5) is 0 Å². The molecule has 4 saturated carbocycles. The maximum atomic E-state index is 6.42. The number of benzene rings is 1. The minimum Gasteiger partial charge on any atom is -0.0840 e. The average molecular weight is 247 g/mol. The molecule has 0 aliphatic heterocycles. The Kier molecular flexibility index (Phi) is 2.30. The van der Waals surface area contributed by atoms with Crippen LogP contribution in [0.15, 0.2) is 24.3 Å². The predicted molar refractivity (Wildman–Crippen MR) is 71.2 cm³/mol. The molecule has 5 rings (SSSR count). The highest BCUT2D eigenvalue weighted by atomic mass is 35.5. The van der Waals surface area contributed by atoms with Crippen LogP contribution in [0.1, 0.15) is 43.6 Å². The molecule has 4 aliphatic carbocycles. The Hall–Kier alpha value is -0.490. The van der Waals surface area contributed by atoms with Gasteiger partial charge in [-0.05, 0) is 73.3 Å². The molecule has 0 atom stereocenters. The molecule has 0 nitrogen and oxygen atoms in total. The lowest BCUT2D eigenvalue weighted by Gasteiger charge is -2.54. The number of hydrogen-bond donors (Lipinski definition) is 0. The van der Waals surface area contributed by atoms with Crippen molar-refractivity contribution in [3.8, 4) is 0 Å².